The normalized spacial score (nSPS) is 12.2. The van der Waals surface area contributed by atoms with E-state index < -0.39 is 40.0 Å². The predicted molar refractivity (Wildman–Crippen MR) is 188 cm³/mol. The largest absolute Gasteiger partial charge is 0.497 e. The van der Waals surface area contributed by atoms with Gasteiger partial charge in [-0.1, -0.05) is 77.3 Å². The summed E-state index contributed by atoms with van der Waals surface area (Å²) in [7, 11) is -2.83. The number of hydrogen-bond acceptors (Lipinski definition) is 5. The number of sulfonamides is 1. The van der Waals surface area contributed by atoms with Crippen LogP contribution in [-0.4, -0.2) is 50.4 Å². The van der Waals surface area contributed by atoms with Crippen molar-refractivity contribution in [3.63, 3.8) is 0 Å². The molecule has 2 amide bonds. The van der Waals surface area contributed by atoms with Crippen LogP contribution in [0.4, 0.5) is 5.69 Å². The molecule has 8 nitrogen and oxygen atoms in total. The van der Waals surface area contributed by atoms with Gasteiger partial charge in [-0.25, -0.2) is 8.42 Å². The molecular weight excluding hydrogens is 681 g/mol. The number of nitrogens with one attached hydrogen (secondary N) is 1. The molecule has 4 aromatic rings. The van der Waals surface area contributed by atoms with E-state index in [1.54, 1.807) is 36.4 Å². The van der Waals surface area contributed by atoms with Gasteiger partial charge in [0.1, 0.15) is 18.3 Å². The van der Waals surface area contributed by atoms with Crippen molar-refractivity contribution in [2.45, 2.75) is 50.2 Å². The molecular formula is C35H36Cl3N3O5S. The van der Waals surface area contributed by atoms with E-state index in [-0.39, 0.29) is 33.6 Å². The molecule has 248 valence electrons. The monoisotopic (exact) mass is 715 g/mol. The molecule has 0 heterocycles. The Morgan fingerprint density at radius 3 is 2.11 bits per heavy atom. The first-order valence-corrected chi connectivity index (χ1v) is 17.3. The zero-order valence-corrected chi connectivity index (χ0v) is 29.5. The summed E-state index contributed by atoms with van der Waals surface area (Å²) in [5.74, 6) is -0.559. The minimum Gasteiger partial charge on any atom is -0.497 e. The molecule has 0 aliphatic carbocycles. The average molecular weight is 717 g/mol. The highest BCUT2D eigenvalue weighted by atomic mass is 35.5. The molecule has 0 spiro atoms. The van der Waals surface area contributed by atoms with Crippen molar-refractivity contribution in [1.82, 2.24) is 10.2 Å². The van der Waals surface area contributed by atoms with Gasteiger partial charge in [0, 0.05) is 23.5 Å². The number of carbonyl (C=O) groups is 2. The molecule has 12 heteroatoms. The molecule has 0 unspecified atom stereocenters. The summed E-state index contributed by atoms with van der Waals surface area (Å²) in [5.41, 5.74) is 0.970. The minimum absolute atomic E-state index is 0.0588. The lowest BCUT2D eigenvalue weighted by molar-refractivity contribution is -0.140. The van der Waals surface area contributed by atoms with Crippen LogP contribution in [0.1, 0.15) is 31.9 Å². The van der Waals surface area contributed by atoms with Crippen molar-refractivity contribution in [1.29, 1.82) is 0 Å². The number of rotatable bonds is 12. The number of benzene rings is 4. The van der Waals surface area contributed by atoms with Crippen LogP contribution in [0.3, 0.4) is 0 Å². The molecule has 1 atom stereocenters. The van der Waals surface area contributed by atoms with Crippen LogP contribution in [0.15, 0.2) is 102 Å². The molecule has 0 aromatic heterocycles. The Morgan fingerprint density at radius 1 is 0.830 bits per heavy atom. The van der Waals surface area contributed by atoms with Crippen molar-refractivity contribution in [3.8, 4) is 5.75 Å². The van der Waals surface area contributed by atoms with E-state index in [1.807, 2.05) is 51.1 Å². The van der Waals surface area contributed by atoms with Crippen LogP contribution in [0.5, 0.6) is 5.75 Å². The van der Waals surface area contributed by atoms with Crippen LogP contribution in [-0.2, 0) is 32.6 Å². The average Bonchev–Trinajstić information content (AvgIpc) is 3.02. The smallest absolute Gasteiger partial charge is 0.264 e. The summed E-state index contributed by atoms with van der Waals surface area (Å²) in [4.78, 5) is 29.9. The Hall–Kier alpha value is -3.76. The number of nitrogens with zero attached hydrogens (tertiary/aromatic N) is 2. The zero-order chi connectivity index (χ0) is 34.4. The van der Waals surface area contributed by atoms with E-state index in [4.69, 9.17) is 39.5 Å². The lowest BCUT2D eigenvalue weighted by atomic mass is 10.0. The summed E-state index contributed by atoms with van der Waals surface area (Å²) >= 11 is 18.8. The summed E-state index contributed by atoms with van der Waals surface area (Å²) in [6.45, 7) is 4.84. The molecule has 0 bridgehead atoms. The number of anilines is 1. The molecule has 4 rings (SSSR count). The third-order valence-electron chi connectivity index (χ3n) is 7.13. The third kappa shape index (κ3) is 9.64. The van der Waals surface area contributed by atoms with Crippen LogP contribution in [0.25, 0.3) is 0 Å². The molecule has 0 aliphatic heterocycles. The lowest BCUT2D eigenvalue weighted by Crippen LogP contribution is -2.56. The SMILES string of the molecule is COc1ccc(S(=O)(=O)N(CC(=O)N(Cc2ccc(Cl)c(Cl)c2)[C@@H](Cc2ccccc2)C(=O)NC(C)(C)C)c2cccc(Cl)c2)cc1. The molecule has 0 aliphatic rings. The van der Waals surface area contributed by atoms with E-state index in [2.05, 4.69) is 5.32 Å². The maximum atomic E-state index is 14.6. The standard InChI is InChI=1S/C35H36Cl3N3O5S/c1-35(2,3)39-34(43)32(20-24-9-6-5-7-10-24)40(22-25-13-18-30(37)31(38)19-25)33(42)23-41(27-12-8-11-26(36)21-27)47(44,45)29-16-14-28(46-4)15-17-29/h5-19,21,32H,20,22-23H2,1-4H3,(H,39,43)/t32-/m0/s1. The number of methoxy groups -OCH3 is 1. The van der Waals surface area contributed by atoms with Crippen LogP contribution >= 0.6 is 34.8 Å². The molecule has 1 N–H and O–H groups in total. The Balaban J connectivity index is 1.83. The highest BCUT2D eigenvalue weighted by Crippen LogP contribution is 2.29. The second-order valence-electron chi connectivity index (χ2n) is 11.9. The fourth-order valence-electron chi connectivity index (χ4n) is 4.88. The van der Waals surface area contributed by atoms with Crippen LogP contribution in [0, 0.1) is 0 Å². The Kier molecular flexibility index (Phi) is 11.8. The van der Waals surface area contributed by atoms with Crippen molar-refractivity contribution < 1.29 is 22.7 Å². The first kappa shape index (κ1) is 36.1. The maximum Gasteiger partial charge on any atom is 0.264 e. The predicted octanol–water partition coefficient (Wildman–Crippen LogP) is 7.41. The first-order chi connectivity index (χ1) is 22.2. The zero-order valence-electron chi connectivity index (χ0n) is 26.4. The first-order valence-electron chi connectivity index (χ1n) is 14.7. The minimum atomic E-state index is -4.31. The Labute approximate surface area is 291 Å². The summed E-state index contributed by atoms with van der Waals surface area (Å²) in [6.07, 6.45) is 0.165. The van der Waals surface area contributed by atoms with Crippen molar-refractivity contribution in [3.05, 3.63) is 123 Å². The van der Waals surface area contributed by atoms with Gasteiger partial charge in [-0.05, 0) is 86.5 Å². The van der Waals surface area contributed by atoms with Crippen LogP contribution in [0.2, 0.25) is 15.1 Å². The van der Waals surface area contributed by atoms with Gasteiger partial charge in [0.15, 0.2) is 0 Å². The maximum absolute atomic E-state index is 14.6. The lowest BCUT2D eigenvalue weighted by Gasteiger charge is -2.35. The number of carbonyl (C=O) groups excluding carboxylic acids is 2. The molecule has 0 saturated heterocycles. The van der Waals surface area contributed by atoms with Gasteiger partial charge in [-0.3, -0.25) is 13.9 Å². The summed E-state index contributed by atoms with van der Waals surface area (Å²) in [6, 6.07) is 25.3. The number of halogens is 3. The number of ether oxygens (including phenoxy) is 1. The van der Waals surface area contributed by atoms with Gasteiger partial charge in [-0.2, -0.15) is 0 Å². The van der Waals surface area contributed by atoms with Gasteiger partial charge in [0.25, 0.3) is 10.0 Å². The van der Waals surface area contributed by atoms with Crippen molar-refractivity contribution in [2.75, 3.05) is 18.0 Å². The van der Waals surface area contributed by atoms with E-state index in [1.165, 1.54) is 42.3 Å². The summed E-state index contributed by atoms with van der Waals surface area (Å²) in [5, 5.41) is 3.89. The Morgan fingerprint density at radius 2 is 1.51 bits per heavy atom. The Bertz CT molecular complexity index is 1810. The molecule has 0 radical (unpaired) electrons. The van der Waals surface area contributed by atoms with Gasteiger partial charge >= 0.3 is 0 Å². The fourth-order valence-corrected chi connectivity index (χ4v) is 6.79. The quantitative estimate of drug-likeness (QED) is 0.165. The van der Waals surface area contributed by atoms with Gasteiger partial charge in [0.2, 0.25) is 11.8 Å². The topological polar surface area (TPSA) is 96.0 Å². The fraction of sp³-hybridized carbons (Fsp3) is 0.257. The third-order valence-corrected chi connectivity index (χ3v) is 9.89. The highest BCUT2D eigenvalue weighted by Gasteiger charge is 2.35. The van der Waals surface area contributed by atoms with Gasteiger partial charge < -0.3 is 15.0 Å². The van der Waals surface area contributed by atoms with E-state index in [0.29, 0.717) is 16.3 Å². The van der Waals surface area contributed by atoms with Gasteiger partial charge in [0.05, 0.1) is 27.7 Å². The second-order valence-corrected chi connectivity index (χ2v) is 15.0. The van der Waals surface area contributed by atoms with E-state index >= 15 is 0 Å². The van der Waals surface area contributed by atoms with Crippen LogP contribution < -0.4 is 14.4 Å². The van der Waals surface area contributed by atoms with Gasteiger partial charge in [-0.15, -0.1) is 0 Å². The summed E-state index contributed by atoms with van der Waals surface area (Å²) < 4.78 is 34.6. The van der Waals surface area contributed by atoms with Crippen molar-refractivity contribution in [2.24, 2.45) is 0 Å². The van der Waals surface area contributed by atoms with Crippen molar-refractivity contribution >= 4 is 62.3 Å². The molecule has 47 heavy (non-hydrogen) atoms. The molecule has 0 fully saturated rings. The number of hydrogen-bond donors (Lipinski definition) is 1. The van der Waals surface area contributed by atoms with E-state index in [9.17, 15) is 18.0 Å². The molecule has 4 aromatic carbocycles. The highest BCUT2D eigenvalue weighted by molar-refractivity contribution is 7.92. The van der Waals surface area contributed by atoms with E-state index in [0.717, 1.165) is 9.87 Å². The molecule has 0 saturated carbocycles. The number of amides is 2. The second kappa shape index (κ2) is 15.4.